The van der Waals surface area contributed by atoms with Crippen molar-refractivity contribution in [2.75, 3.05) is 76.1 Å². The third-order valence-corrected chi connectivity index (χ3v) is 28.9. The summed E-state index contributed by atoms with van der Waals surface area (Å²) in [6.45, 7) is 39.0. The molecule has 28 heteroatoms. The fraction of sp³-hybridized carbons (Fsp3) is 0.646. The minimum Gasteiger partial charge on any atom is -0.462 e. The molecule has 0 unspecified atom stereocenters. The Morgan fingerprint density at radius 2 is 0.935 bits per heavy atom. The maximum atomic E-state index is 15.7. The van der Waals surface area contributed by atoms with Gasteiger partial charge in [0.15, 0.2) is 11.6 Å². The van der Waals surface area contributed by atoms with Gasteiger partial charge in [-0.3, -0.25) is 62.4 Å². The van der Waals surface area contributed by atoms with Crippen molar-refractivity contribution < 1.29 is 85.8 Å². The molecule has 0 saturated heterocycles. The Kier molecular flexibility index (Phi) is 44.4. The highest BCUT2D eigenvalue weighted by Crippen LogP contribution is 2.38. The minimum absolute atomic E-state index is 0.00619. The molecule has 9 amide bonds. The average Bonchev–Trinajstić information content (AvgIpc) is 0.744. The van der Waals surface area contributed by atoms with Crippen LogP contribution in [0.2, 0.25) is 5.04 Å². The van der Waals surface area contributed by atoms with Gasteiger partial charge in [0.25, 0.3) is 8.32 Å². The number of hydrogen-bond donors (Lipinski definition) is 1. The summed E-state index contributed by atoms with van der Waals surface area (Å²) in [5.74, 6) is -13.4. The second-order valence-corrected chi connectivity index (χ2v) is 41.4. The molecule has 0 aliphatic heterocycles. The van der Waals surface area contributed by atoms with Crippen LogP contribution in [0.5, 0.6) is 0 Å². The van der Waals surface area contributed by atoms with Crippen LogP contribution in [0.4, 0.5) is 4.79 Å². The SMILES string of the molecule is C/C=C/C[C@@H](C)[C@@H](OC(C)=O)[C@@H](C(=O)N[C@@H](CC)C(=O)OCCN(C)C(C)=O)N(C)C(=O)[C@H](C(C)C)N(C)C(=O)[C@H](CC(C)C)N(C)C(=O)[C@H](CC(C)C)N(C)C(=O)[C@@H](C)CC(=O)[C@H](C)CC(=O)[C@H](CC(C)C)N(C)C(=O)[C@@H](CC(=O)[C@H]([C@@H](C)CO[Si](c1ccccc1)(c1ccccc1)C(C)(C)C)N(C)C(=O)[C@@H](C)N(C)C(=O)OCc1ccccc1)C(C)C. The highest BCUT2D eigenvalue weighted by molar-refractivity contribution is 6.99. The highest BCUT2D eigenvalue weighted by atomic mass is 28.4. The summed E-state index contributed by atoms with van der Waals surface area (Å²) >= 11 is 0. The smallest absolute Gasteiger partial charge is 0.410 e. The second kappa shape index (κ2) is 50.6. The van der Waals surface area contributed by atoms with Crippen molar-refractivity contribution in [2.24, 2.45) is 59.2 Å². The van der Waals surface area contributed by atoms with E-state index < -0.39 is 186 Å². The molecule has 692 valence electrons. The third kappa shape index (κ3) is 30.4. The lowest BCUT2D eigenvalue weighted by atomic mass is 9.83. The number of ketones is 3. The molecule has 27 nitrogen and oxygen atoms in total. The Morgan fingerprint density at radius 3 is 1.40 bits per heavy atom. The number of ether oxygens (including phenoxy) is 3. The van der Waals surface area contributed by atoms with Crippen LogP contribution in [0.3, 0.4) is 0 Å². The first kappa shape index (κ1) is 109. The van der Waals surface area contributed by atoms with E-state index in [0.717, 1.165) is 20.8 Å². The highest BCUT2D eigenvalue weighted by Gasteiger charge is 2.52. The summed E-state index contributed by atoms with van der Waals surface area (Å²) in [7, 11) is 8.55. The Balaban J connectivity index is 2.02. The van der Waals surface area contributed by atoms with Gasteiger partial charge in [0.2, 0.25) is 47.3 Å². The number of Topliss-reactive ketones (excluding diaryl/α,β-unsaturated/α-hetero) is 3. The number of hydrogen-bond acceptors (Lipinski definition) is 18. The monoisotopic (exact) mass is 1750 g/mol. The van der Waals surface area contributed by atoms with E-state index in [2.05, 4.69) is 50.4 Å². The van der Waals surface area contributed by atoms with Crippen molar-refractivity contribution in [3.05, 3.63) is 109 Å². The largest absolute Gasteiger partial charge is 0.462 e. The van der Waals surface area contributed by atoms with E-state index in [0.29, 0.717) is 6.42 Å². The van der Waals surface area contributed by atoms with Gasteiger partial charge < -0.3 is 58.3 Å². The molecule has 14 atom stereocenters. The van der Waals surface area contributed by atoms with E-state index >= 15 is 24.0 Å². The Labute approximate surface area is 741 Å². The number of allylic oxidation sites excluding steroid dienone is 2. The van der Waals surface area contributed by atoms with Gasteiger partial charge in [-0.05, 0) is 102 Å². The van der Waals surface area contributed by atoms with Crippen LogP contribution < -0.4 is 15.7 Å². The summed E-state index contributed by atoms with van der Waals surface area (Å²) in [5.41, 5.74) is 0.748. The molecule has 1 N–H and O–H groups in total. The number of benzene rings is 3. The number of likely N-dealkylation sites (N-methyl/N-ethyl adjacent to an activating group) is 8. The zero-order valence-corrected chi connectivity index (χ0v) is 81.2. The summed E-state index contributed by atoms with van der Waals surface area (Å²) < 4.78 is 24.4. The van der Waals surface area contributed by atoms with E-state index in [-0.39, 0.29) is 95.0 Å². The minimum atomic E-state index is -3.23. The molecule has 0 spiro atoms. The topological polar surface area (TPSA) is 314 Å². The van der Waals surface area contributed by atoms with E-state index in [1.807, 2.05) is 135 Å². The van der Waals surface area contributed by atoms with Crippen LogP contribution in [0.1, 0.15) is 209 Å². The van der Waals surface area contributed by atoms with E-state index in [1.165, 1.54) is 97.5 Å². The summed E-state index contributed by atoms with van der Waals surface area (Å²) in [4.78, 5) is 214. The number of rotatable bonds is 50. The average molecular weight is 1750 g/mol. The van der Waals surface area contributed by atoms with Gasteiger partial charge >= 0.3 is 18.0 Å². The third-order valence-electron chi connectivity index (χ3n) is 23.9. The number of esters is 2. The van der Waals surface area contributed by atoms with Crippen molar-refractivity contribution >= 4 is 101 Å². The summed E-state index contributed by atoms with van der Waals surface area (Å²) in [6, 6.07) is 19.3. The molecule has 124 heavy (non-hydrogen) atoms. The van der Waals surface area contributed by atoms with Crippen LogP contribution in [-0.2, 0) is 87.6 Å². The molecule has 0 bridgehead atoms. The van der Waals surface area contributed by atoms with Crippen LogP contribution in [0, 0.1) is 59.2 Å². The number of carbonyl (C=O) groups excluding carboxylic acids is 14. The number of amides is 9. The lowest BCUT2D eigenvalue weighted by molar-refractivity contribution is -0.164. The molecule has 0 aliphatic rings. The molecule has 3 aromatic carbocycles. The second-order valence-electron chi connectivity index (χ2n) is 37.1. The van der Waals surface area contributed by atoms with Crippen molar-refractivity contribution in [3.8, 4) is 0 Å². The lowest BCUT2D eigenvalue weighted by Gasteiger charge is -2.44. The quantitative estimate of drug-likeness (QED) is 0.0237. The van der Waals surface area contributed by atoms with Crippen LogP contribution in [-0.4, -0.2) is 261 Å². The molecule has 0 fully saturated rings. The molecule has 0 radical (unpaired) electrons. The van der Waals surface area contributed by atoms with Crippen LogP contribution >= 0.6 is 0 Å². The molecule has 3 aromatic rings. The van der Waals surface area contributed by atoms with Gasteiger partial charge in [-0.15, -0.1) is 0 Å². The molecule has 3 rings (SSSR count). The van der Waals surface area contributed by atoms with Gasteiger partial charge in [0, 0.05) is 120 Å². The Bertz CT molecular complexity index is 4000. The van der Waals surface area contributed by atoms with Gasteiger partial charge in [-0.1, -0.05) is 228 Å². The zero-order chi connectivity index (χ0) is 94.4. The first-order valence-corrected chi connectivity index (χ1v) is 46.0. The maximum absolute atomic E-state index is 15.7. The van der Waals surface area contributed by atoms with Crippen molar-refractivity contribution in [3.63, 3.8) is 0 Å². The molecule has 0 saturated carbocycles. The molecule has 0 aliphatic carbocycles. The van der Waals surface area contributed by atoms with Crippen LogP contribution in [0.15, 0.2) is 103 Å². The lowest BCUT2D eigenvalue weighted by Crippen LogP contribution is -2.67. The number of carbonyl (C=O) groups is 14. The first-order valence-electron chi connectivity index (χ1n) is 44.1. The predicted octanol–water partition coefficient (Wildman–Crippen LogP) is 11.5. The normalized spacial score (nSPS) is 15.3. The molecule has 0 heterocycles. The van der Waals surface area contributed by atoms with Gasteiger partial charge in [-0.2, -0.15) is 0 Å². The van der Waals surface area contributed by atoms with E-state index in [9.17, 15) is 43.2 Å². The summed E-state index contributed by atoms with van der Waals surface area (Å²) in [6.07, 6.45) is 1.40. The van der Waals surface area contributed by atoms with Crippen molar-refractivity contribution in [1.29, 1.82) is 0 Å². The van der Waals surface area contributed by atoms with E-state index in [1.54, 1.807) is 68.5 Å². The number of nitrogens with zero attached hydrogens (tertiary/aromatic N) is 8. The molecular weight excluding hydrogens is 1600 g/mol. The molecule has 0 aromatic heterocycles. The fourth-order valence-electron chi connectivity index (χ4n) is 16.1. The standard InChI is InChI=1S/C96H151N9O18Si/c1-31-33-43-65(13)86(123-71(19)107)85(87(111)97-76(32-2)94(118)120-51-50-98(23)70(18)106)105(30)93(117)83(64(11)12)103(28)92(116)79(54-62(7)8)102(27)91(115)78(53-61(5)6)101(26)88(112)67(15)56-80(108)66(14)55-81(109)77(52-60(3)4)100(25)90(114)75(63(9)10)57-82(110)84(104(29)89(113)69(17)99(24)95(119)121-59-72-44-37-34-38-45-72)68(16)58-122-124(96(20,21)22,73-46-39-35-40-47-73)74-48-41-36-42-49-74/h31,33-42,44-49,60-69,75-79,83-86H,32,43,50-59H2,1-30H3,(H,97,111)/b33-31+/t65-,66-,67+,68+,69-,75+,76+,77+,78+,79+,83+,84+,85+,86-/m1/s1. The van der Waals surface area contributed by atoms with E-state index in [4.69, 9.17) is 18.6 Å². The Hall–Kier alpha value is -9.44. The zero-order valence-electron chi connectivity index (χ0n) is 80.2. The van der Waals surface area contributed by atoms with Crippen LogP contribution in [0.25, 0.3) is 0 Å². The number of nitrogens with one attached hydrogen (secondary N) is 1. The van der Waals surface area contributed by atoms with Crippen molar-refractivity contribution in [2.45, 2.75) is 270 Å². The van der Waals surface area contributed by atoms with Gasteiger partial charge in [0.1, 0.15) is 61.4 Å². The van der Waals surface area contributed by atoms with Gasteiger partial charge in [0.05, 0.1) is 18.6 Å². The Morgan fingerprint density at radius 1 is 0.476 bits per heavy atom. The fourth-order valence-corrected chi connectivity index (χ4v) is 20.8. The summed E-state index contributed by atoms with van der Waals surface area (Å²) in [5, 5.41) is 4.27. The predicted molar refractivity (Wildman–Crippen MR) is 485 cm³/mol. The first-order chi connectivity index (χ1) is 57.8. The molecular formula is C96H151N9O18Si. The van der Waals surface area contributed by atoms with Gasteiger partial charge in [-0.25, -0.2) is 9.59 Å². The maximum Gasteiger partial charge on any atom is 0.410 e. The van der Waals surface area contributed by atoms with Crippen molar-refractivity contribution in [1.82, 2.24) is 44.5 Å².